The number of amides is 1. The van der Waals surface area contributed by atoms with Crippen LogP contribution in [-0.4, -0.2) is 77.3 Å². The third-order valence-electron chi connectivity index (χ3n) is 7.42. The highest BCUT2D eigenvalue weighted by Crippen LogP contribution is 2.32. The topological polar surface area (TPSA) is 117 Å². The maximum Gasteiger partial charge on any atom is 0.418 e. The van der Waals surface area contributed by atoms with E-state index in [0.717, 1.165) is 63.0 Å². The van der Waals surface area contributed by atoms with Gasteiger partial charge in [0.15, 0.2) is 0 Å². The summed E-state index contributed by atoms with van der Waals surface area (Å²) in [6.07, 6.45) is 2.30. The van der Waals surface area contributed by atoms with Crippen LogP contribution >= 0.6 is 0 Å². The molecule has 42 heavy (non-hydrogen) atoms. The Morgan fingerprint density at radius 2 is 2.00 bits per heavy atom. The molecule has 2 aromatic heterocycles. The molecule has 1 atom stereocenters. The Labute approximate surface area is 242 Å². The van der Waals surface area contributed by atoms with Gasteiger partial charge in [-0.25, -0.2) is 19.2 Å². The number of aliphatic carboxylic acids is 1. The minimum atomic E-state index is -5.04. The number of unbranched alkanes of at least 4 members (excludes halogenated alkanes) is 1. The van der Waals surface area contributed by atoms with Gasteiger partial charge in [0.25, 0.3) is 5.91 Å². The number of ether oxygens (including phenoxy) is 1. The van der Waals surface area contributed by atoms with Crippen molar-refractivity contribution in [3.8, 4) is 0 Å². The van der Waals surface area contributed by atoms with Crippen LogP contribution in [0.2, 0.25) is 0 Å². The maximum atomic E-state index is 13.4. The Morgan fingerprint density at radius 1 is 1.19 bits per heavy atom. The molecule has 0 aromatic carbocycles. The first-order valence-corrected chi connectivity index (χ1v) is 14.4. The van der Waals surface area contributed by atoms with E-state index in [1.54, 1.807) is 0 Å². The van der Waals surface area contributed by atoms with Crippen LogP contribution in [0.5, 0.6) is 0 Å². The van der Waals surface area contributed by atoms with Gasteiger partial charge in [-0.1, -0.05) is 6.07 Å². The summed E-state index contributed by atoms with van der Waals surface area (Å²) in [6.45, 7) is 3.54. The lowest BCUT2D eigenvalue weighted by molar-refractivity contribution is -0.139. The van der Waals surface area contributed by atoms with Crippen LogP contribution in [0.25, 0.3) is 0 Å². The minimum absolute atomic E-state index is 0.0513. The monoisotopic (exact) mass is 595 g/mol. The van der Waals surface area contributed by atoms with Crippen molar-refractivity contribution < 1.29 is 37.0 Å². The lowest BCUT2D eigenvalue weighted by atomic mass is 10.1. The van der Waals surface area contributed by atoms with Gasteiger partial charge in [-0.3, -0.25) is 4.79 Å². The van der Waals surface area contributed by atoms with Gasteiger partial charge in [0.1, 0.15) is 23.4 Å². The number of rotatable bonds is 16. The number of carbonyl (C=O) groups excluding carboxylic acids is 1. The van der Waals surface area contributed by atoms with Crippen molar-refractivity contribution in [2.24, 2.45) is 5.92 Å². The molecular formula is C29H37F4N5O4. The van der Waals surface area contributed by atoms with E-state index in [1.165, 1.54) is 5.56 Å². The number of carboxylic acids is 1. The number of nitrogens with one attached hydrogen (secondary N) is 2. The van der Waals surface area contributed by atoms with Crippen molar-refractivity contribution in [2.45, 2.75) is 63.6 Å². The summed E-state index contributed by atoms with van der Waals surface area (Å²) in [5.74, 6) is -2.43. The summed E-state index contributed by atoms with van der Waals surface area (Å²) < 4.78 is 59.2. The summed E-state index contributed by atoms with van der Waals surface area (Å²) in [4.78, 5) is 34.5. The molecule has 0 bridgehead atoms. The average Bonchev–Trinajstić information content (AvgIpc) is 3.78. The first-order chi connectivity index (χ1) is 20.1. The zero-order valence-corrected chi connectivity index (χ0v) is 23.4. The van der Waals surface area contributed by atoms with E-state index >= 15 is 0 Å². The summed E-state index contributed by atoms with van der Waals surface area (Å²) in [7, 11) is 0. The third kappa shape index (κ3) is 9.62. The van der Waals surface area contributed by atoms with Gasteiger partial charge in [0, 0.05) is 31.9 Å². The molecule has 0 spiro atoms. The fraction of sp³-hybridized carbons (Fsp3) is 0.586. The van der Waals surface area contributed by atoms with Crippen LogP contribution in [0.15, 0.2) is 24.4 Å². The first kappa shape index (κ1) is 31.6. The smallest absolute Gasteiger partial charge is 0.418 e. The lowest BCUT2D eigenvalue weighted by Crippen LogP contribution is -2.44. The standard InChI is InChI=1S/C29H37F4N5O4/c30-21-16-23(29(31,32)33)25(35-17-21)27(39)37-24(28(40)41)10-13-38(14-15-42-18-19-6-7-19)12-2-1-5-22-9-8-20-4-3-11-34-26(20)36-22/h8-9,16-17,19,24H,1-7,10-15,18H2,(H,34,36)(H,37,39)(H,40,41). The average molecular weight is 596 g/mol. The number of hydrogen-bond acceptors (Lipinski definition) is 7. The van der Waals surface area contributed by atoms with Crippen LogP contribution in [0, 0.1) is 11.7 Å². The first-order valence-electron chi connectivity index (χ1n) is 14.4. The second-order valence-electron chi connectivity index (χ2n) is 10.9. The molecule has 1 fully saturated rings. The largest absolute Gasteiger partial charge is 0.480 e. The van der Waals surface area contributed by atoms with Gasteiger partial charge in [-0.15, -0.1) is 0 Å². The van der Waals surface area contributed by atoms with Crippen molar-refractivity contribution in [2.75, 3.05) is 44.7 Å². The highest BCUT2D eigenvalue weighted by atomic mass is 19.4. The highest BCUT2D eigenvalue weighted by Gasteiger charge is 2.37. The Kier molecular flexibility index (Phi) is 11.1. The zero-order valence-electron chi connectivity index (χ0n) is 23.4. The number of pyridine rings is 2. The number of hydrogen-bond donors (Lipinski definition) is 3. The second kappa shape index (κ2) is 14.7. The molecule has 0 radical (unpaired) electrons. The van der Waals surface area contributed by atoms with Gasteiger partial charge in [-0.05, 0) is 81.5 Å². The molecule has 9 nitrogen and oxygen atoms in total. The Hall–Kier alpha value is -3.32. The van der Waals surface area contributed by atoms with E-state index in [4.69, 9.17) is 9.72 Å². The minimum Gasteiger partial charge on any atom is -0.480 e. The molecule has 2 aromatic rings. The number of nitrogens with zero attached hydrogens (tertiary/aromatic N) is 3. The van der Waals surface area contributed by atoms with Gasteiger partial charge in [0.2, 0.25) is 0 Å². The summed E-state index contributed by atoms with van der Waals surface area (Å²) in [6, 6.07) is 2.87. The predicted molar refractivity (Wildman–Crippen MR) is 147 cm³/mol. The molecule has 1 saturated carbocycles. The fourth-order valence-electron chi connectivity index (χ4n) is 4.85. The number of carboxylic acid groups (broad SMARTS) is 1. The number of aromatic nitrogens is 2. The SMILES string of the molecule is O=C(NC(CCN(CCCCc1ccc2c(n1)NCCC2)CCOCC1CC1)C(=O)O)c1ncc(F)cc1C(F)(F)F. The van der Waals surface area contributed by atoms with Gasteiger partial charge in [-0.2, -0.15) is 13.2 Å². The van der Waals surface area contributed by atoms with Crippen molar-refractivity contribution >= 4 is 17.7 Å². The van der Waals surface area contributed by atoms with E-state index < -0.39 is 41.2 Å². The molecule has 1 aliphatic heterocycles. The molecule has 230 valence electrons. The van der Waals surface area contributed by atoms with E-state index in [0.29, 0.717) is 38.4 Å². The fourth-order valence-corrected chi connectivity index (χ4v) is 4.85. The predicted octanol–water partition coefficient (Wildman–Crippen LogP) is 4.32. The van der Waals surface area contributed by atoms with Crippen LogP contribution in [0.3, 0.4) is 0 Å². The zero-order chi connectivity index (χ0) is 30.1. The molecule has 13 heteroatoms. The molecule has 4 rings (SSSR count). The van der Waals surface area contributed by atoms with Crippen LogP contribution in [0.1, 0.15) is 65.8 Å². The molecule has 1 amide bonds. The van der Waals surface area contributed by atoms with Gasteiger partial charge in [0.05, 0.1) is 18.4 Å². The van der Waals surface area contributed by atoms with Crippen molar-refractivity contribution in [3.05, 3.63) is 52.7 Å². The number of carbonyl (C=O) groups is 2. The molecular weight excluding hydrogens is 558 g/mol. The lowest BCUT2D eigenvalue weighted by Gasteiger charge is -2.24. The van der Waals surface area contributed by atoms with Gasteiger partial charge >= 0.3 is 12.1 Å². The maximum absolute atomic E-state index is 13.4. The third-order valence-corrected chi connectivity index (χ3v) is 7.42. The van der Waals surface area contributed by atoms with Crippen molar-refractivity contribution in [1.82, 2.24) is 20.2 Å². The van der Waals surface area contributed by atoms with E-state index in [9.17, 15) is 32.3 Å². The number of anilines is 1. The summed E-state index contributed by atoms with van der Waals surface area (Å²) in [5, 5.41) is 15.2. The van der Waals surface area contributed by atoms with Crippen LogP contribution < -0.4 is 10.6 Å². The highest BCUT2D eigenvalue weighted by molar-refractivity contribution is 5.96. The van der Waals surface area contributed by atoms with E-state index in [2.05, 4.69) is 27.8 Å². The Bertz CT molecular complexity index is 1220. The van der Waals surface area contributed by atoms with Crippen molar-refractivity contribution in [1.29, 1.82) is 0 Å². The van der Waals surface area contributed by atoms with Crippen LogP contribution in [-0.2, 0) is 28.5 Å². The normalized spacial score (nSPS) is 15.6. The Balaban J connectivity index is 1.31. The number of aryl methyl sites for hydroxylation is 2. The van der Waals surface area contributed by atoms with E-state index in [1.807, 2.05) is 4.90 Å². The molecule has 1 unspecified atom stereocenters. The van der Waals surface area contributed by atoms with Gasteiger partial charge < -0.3 is 25.4 Å². The molecule has 3 N–H and O–H groups in total. The summed E-state index contributed by atoms with van der Waals surface area (Å²) >= 11 is 0. The van der Waals surface area contributed by atoms with Crippen LogP contribution in [0.4, 0.5) is 23.4 Å². The quantitative estimate of drug-likeness (QED) is 0.194. The number of alkyl halides is 3. The second-order valence-corrected chi connectivity index (χ2v) is 10.9. The van der Waals surface area contributed by atoms with Crippen molar-refractivity contribution in [3.63, 3.8) is 0 Å². The summed E-state index contributed by atoms with van der Waals surface area (Å²) in [5.41, 5.74) is -0.412. The number of halogens is 4. The molecule has 3 heterocycles. The number of fused-ring (bicyclic) bond motifs is 1. The molecule has 2 aliphatic rings. The Morgan fingerprint density at radius 3 is 2.74 bits per heavy atom. The molecule has 1 aliphatic carbocycles. The van der Waals surface area contributed by atoms with E-state index in [-0.39, 0.29) is 19.0 Å². The molecule has 0 saturated heterocycles.